The van der Waals surface area contributed by atoms with Crippen LogP contribution in [0.4, 0.5) is 13.2 Å². The van der Waals surface area contributed by atoms with Crippen molar-refractivity contribution in [1.29, 1.82) is 0 Å². The Morgan fingerprint density at radius 1 is 1.29 bits per heavy atom. The molecule has 1 atom stereocenters. The van der Waals surface area contributed by atoms with Crippen LogP contribution in [-0.2, 0) is 6.18 Å². The van der Waals surface area contributed by atoms with Gasteiger partial charge in [-0.1, -0.05) is 18.2 Å². The molecule has 0 aliphatic rings. The first kappa shape index (κ1) is 17.7. The summed E-state index contributed by atoms with van der Waals surface area (Å²) in [5, 5.41) is 11.7. The molecule has 1 aromatic heterocycles. The fourth-order valence-corrected chi connectivity index (χ4v) is 2.34. The molecule has 3 N–H and O–H groups in total. The van der Waals surface area contributed by atoms with Crippen molar-refractivity contribution in [2.75, 3.05) is 6.61 Å². The van der Waals surface area contributed by atoms with E-state index in [1.54, 1.807) is 6.92 Å². The summed E-state index contributed by atoms with van der Waals surface area (Å²) in [5.41, 5.74) is -1.26. The number of H-pyrrole nitrogens is 1. The number of halogens is 3. The van der Waals surface area contributed by atoms with E-state index < -0.39 is 35.9 Å². The molecule has 0 spiro atoms. The highest BCUT2D eigenvalue weighted by molar-refractivity contribution is 5.94. The van der Waals surface area contributed by atoms with Crippen molar-refractivity contribution in [3.05, 3.63) is 69.1 Å². The highest BCUT2D eigenvalue weighted by Gasteiger charge is 2.35. The summed E-state index contributed by atoms with van der Waals surface area (Å²) >= 11 is 0. The lowest BCUT2D eigenvalue weighted by Gasteiger charge is -2.21. The Balaban J connectivity index is 2.34. The van der Waals surface area contributed by atoms with E-state index in [4.69, 9.17) is 0 Å². The third-order valence-electron chi connectivity index (χ3n) is 3.37. The van der Waals surface area contributed by atoms with Crippen molar-refractivity contribution >= 4 is 5.91 Å². The van der Waals surface area contributed by atoms with Gasteiger partial charge < -0.3 is 15.4 Å². The Hall–Kier alpha value is -2.61. The topological polar surface area (TPSA) is 82.2 Å². The van der Waals surface area contributed by atoms with E-state index in [2.05, 4.69) is 10.3 Å². The van der Waals surface area contributed by atoms with E-state index in [1.807, 2.05) is 0 Å². The second kappa shape index (κ2) is 6.88. The first-order valence-electron chi connectivity index (χ1n) is 7.01. The first-order chi connectivity index (χ1) is 11.2. The van der Waals surface area contributed by atoms with Crippen LogP contribution < -0.4 is 10.9 Å². The Labute approximate surface area is 135 Å². The van der Waals surface area contributed by atoms with Crippen LogP contribution >= 0.6 is 0 Å². The molecule has 5 nitrogen and oxygen atoms in total. The predicted octanol–water partition coefficient (Wildman–Crippen LogP) is 2.17. The van der Waals surface area contributed by atoms with Crippen LogP contribution in [0.25, 0.3) is 0 Å². The number of hydrogen-bond acceptors (Lipinski definition) is 3. The molecule has 0 aliphatic carbocycles. The van der Waals surface area contributed by atoms with Gasteiger partial charge in [0.25, 0.3) is 5.91 Å². The van der Waals surface area contributed by atoms with Crippen LogP contribution in [0.2, 0.25) is 0 Å². The Kier molecular flexibility index (Phi) is 5.08. The summed E-state index contributed by atoms with van der Waals surface area (Å²) in [6.07, 6.45) is -4.62. The van der Waals surface area contributed by atoms with Crippen molar-refractivity contribution in [3.63, 3.8) is 0 Å². The van der Waals surface area contributed by atoms with Crippen LogP contribution in [-0.4, -0.2) is 22.6 Å². The minimum atomic E-state index is -4.62. The standard InChI is InChI=1S/C16H15F3N2O3/c1-9-6-10(7-14(23)20-9)15(24)21-13(8-22)11-4-2-3-5-12(11)16(17,18)19/h2-7,13,22H,8H2,1H3,(H,20,23)(H,21,24). The molecule has 0 bridgehead atoms. The fraction of sp³-hybridized carbons (Fsp3) is 0.250. The number of aliphatic hydroxyl groups excluding tert-OH is 1. The number of carbonyl (C=O) groups excluding carboxylic acids is 1. The van der Waals surface area contributed by atoms with Gasteiger partial charge in [-0.2, -0.15) is 13.2 Å². The average Bonchev–Trinajstić information content (AvgIpc) is 2.50. The summed E-state index contributed by atoms with van der Waals surface area (Å²) in [4.78, 5) is 26.0. The predicted molar refractivity (Wildman–Crippen MR) is 80.5 cm³/mol. The monoisotopic (exact) mass is 340 g/mol. The van der Waals surface area contributed by atoms with Crippen LogP contribution in [0.5, 0.6) is 0 Å². The summed E-state index contributed by atoms with van der Waals surface area (Å²) in [6.45, 7) is 0.849. The molecule has 0 radical (unpaired) electrons. The van der Waals surface area contributed by atoms with Gasteiger partial charge in [-0.25, -0.2) is 0 Å². The van der Waals surface area contributed by atoms with Gasteiger partial charge in [0.15, 0.2) is 0 Å². The van der Waals surface area contributed by atoms with Gasteiger partial charge in [-0.05, 0) is 24.6 Å². The van der Waals surface area contributed by atoms with Crippen LogP contribution in [0.15, 0.2) is 41.2 Å². The number of aliphatic hydroxyl groups is 1. The van der Waals surface area contributed by atoms with Gasteiger partial charge in [0.1, 0.15) is 0 Å². The van der Waals surface area contributed by atoms with Gasteiger partial charge in [0.2, 0.25) is 5.56 Å². The molecule has 8 heteroatoms. The maximum Gasteiger partial charge on any atom is 0.416 e. The highest BCUT2D eigenvalue weighted by atomic mass is 19.4. The number of aromatic nitrogens is 1. The molecule has 1 unspecified atom stereocenters. The lowest BCUT2D eigenvalue weighted by atomic mass is 10.00. The zero-order valence-corrected chi connectivity index (χ0v) is 12.6. The quantitative estimate of drug-likeness (QED) is 0.798. The molecule has 0 aliphatic heterocycles. The van der Waals surface area contributed by atoms with Gasteiger partial charge in [0.05, 0.1) is 18.2 Å². The Morgan fingerprint density at radius 2 is 1.96 bits per heavy atom. The summed E-state index contributed by atoms with van der Waals surface area (Å²) in [7, 11) is 0. The molecule has 0 saturated carbocycles. The SMILES string of the molecule is Cc1cc(C(=O)NC(CO)c2ccccc2C(F)(F)F)cc(=O)[nH]1. The van der Waals surface area contributed by atoms with Gasteiger partial charge >= 0.3 is 6.18 Å². The first-order valence-corrected chi connectivity index (χ1v) is 7.01. The van der Waals surface area contributed by atoms with Crippen LogP contribution in [0, 0.1) is 6.92 Å². The molecule has 1 heterocycles. The molecular formula is C16H15F3N2O3. The van der Waals surface area contributed by atoms with E-state index in [-0.39, 0.29) is 11.1 Å². The number of carbonyl (C=O) groups is 1. The van der Waals surface area contributed by atoms with E-state index >= 15 is 0 Å². The lowest BCUT2D eigenvalue weighted by Crippen LogP contribution is -2.33. The van der Waals surface area contributed by atoms with Gasteiger partial charge in [0, 0.05) is 17.3 Å². The average molecular weight is 340 g/mol. The number of alkyl halides is 3. The second-order valence-corrected chi connectivity index (χ2v) is 5.21. The van der Waals surface area contributed by atoms with Crippen molar-refractivity contribution in [2.24, 2.45) is 0 Å². The molecular weight excluding hydrogens is 325 g/mol. The Morgan fingerprint density at radius 3 is 2.54 bits per heavy atom. The largest absolute Gasteiger partial charge is 0.416 e. The lowest BCUT2D eigenvalue weighted by molar-refractivity contribution is -0.138. The molecule has 2 aromatic rings. The molecule has 0 fully saturated rings. The highest BCUT2D eigenvalue weighted by Crippen LogP contribution is 2.34. The molecule has 2 rings (SSSR count). The number of amides is 1. The summed E-state index contributed by atoms with van der Waals surface area (Å²) < 4.78 is 39.2. The number of aryl methyl sites for hydroxylation is 1. The third kappa shape index (κ3) is 4.02. The molecule has 1 amide bonds. The number of pyridine rings is 1. The maximum atomic E-state index is 13.1. The number of hydrogen-bond donors (Lipinski definition) is 3. The molecule has 24 heavy (non-hydrogen) atoms. The van der Waals surface area contributed by atoms with Crippen LogP contribution in [0.3, 0.4) is 0 Å². The third-order valence-corrected chi connectivity index (χ3v) is 3.37. The summed E-state index contributed by atoms with van der Waals surface area (Å²) in [5.74, 6) is -0.750. The molecule has 128 valence electrons. The van der Waals surface area contributed by atoms with E-state index in [1.165, 1.54) is 24.3 Å². The van der Waals surface area contributed by atoms with E-state index in [9.17, 15) is 27.9 Å². The van der Waals surface area contributed by atoms with Crippen LogP contribution in [0.1, 0.15) is 33.2 Å². The number of rotatable bonds is 4. The molecule has 1 aromatic carbocycles. The van der Waals surface area contributed by atoms with Gasteiger partial charge in [-0.3, -0.25) is 9.59 Å². The van der Waals surface area contributed by atoms with Crippen molar-refractivity contribution in [1.82, 2.24) is 10.3 Å². The van der Waals surface area contributed by atoms with E-state index in [0.717, 1.165) is 12.1 Å². The number of aromatic amines is 1. The maximum absolute atomic E-state index is 13.1. The number of benzene rings is 1. The normalized spacial score (nSPS) is 12.7. The smallest absolute Gasteiger partial charge is 0.394 e. The minimum absolute atomic E-state index is 0.000750. The zero-order chi connectivity index (χ0) is 17.9. The van der Waals surface area contributed by atoms with Gasteiger partial charge in [-0.15, -0.1) is 0 Å². The van der Waals surface area contributed by atoms with Crippen molar-refractivity contribution in [2.45, 2.75) is 19.1 Å². The molecule has 0 saturated heterocycles. The number of nitrogens with one attached hydrogen (secondary N) is 2. The zero-order valence-electron chi connectivity index (χ0n) is 12.6. The van der Waals surface area contributed by atoms with E-state index in [0.29, 0.717) is 5.69 Å². The van der Waals surface area contributed by atoms with Crippen molar-refractivity contribution < 1.29 is 23.1 Å². The second-order valence-electron chi connectivity index (χ2n) is 5.21. The summed E-state index contributed by atoms with van der Waals surface area (Å²) in [6, 6.07) is 5.84. The minimum Gasteiger partial charge on any atom is -0.394 e. The Bertz CT molecular complexity index is 800. The van der Waals surface area contributed by atoms with Crippen molar-refractivity contribution in [3.8, 4) is 0 Å². The fourth-order valence-electron chi connectivity index (χ4n) is 2.34.